The normalized spacial score (nSPS) is 16.4. The van der Waals surface area contributed by atoms with Crippen molar-refractivity contribution in [3.05, 3.63) is 53.4 Å². The fourth-order valence-corrected chi connectivity index (χ4v) is 3.82. The van der Waals surface area contributed by atoms with Gasteiger partial charge in [0.05, 0.1) is 5.69 Å². The molecule has 4 rings (SSSR count). The van der Waals surface area contributed by atoms with Crippen LogP contribution in [0.5, 0.6) is 0 Å². The van der Waals surface area contributed by atoms with Crippen molar-refractivity contribution in [2.45, 2.75) is 57.9 Å². The van der Waals surface area contributed by atoms with Crippen molar-refractivity contribution in [3.8, 4) is 5.69 Å². The summed E-state index contributed by atoms with van der Waals surface area (Å²) in [5.74, 6) is 0.823. The van der Waals surface area contributed by atoms with Gasteiger partial charge in [-0.25, -0.2) is 14.1 Å². The zero-order chi connectivity index (χ0) is 20.4. The molecule has 2 heterocycles. The Kier molecular flexibility index (Phi) is 5.12. The third kappa shape index (κ3) is 3.90. The molecule has 1 fully saturated rings. The Bertz CT molecular complexity index is 1000. The highest BCUT2D eigenvalue weighted by Gasteiger charge is 2.39. The van der Waals surface area contributed by atoms with Crippen LogP contribution in [0.4, 0.5) is 4.39 Å². The molecule has 0 radical (unpaired) electrons. The highest BCUT2D eigenvalue weighted by Crippen LogP contribution is 2.34. The number of halogens is 1. The van der Waals surface area contributed by atoms with Gasteiger partial charge in [0.25, 0.3) is 5.91 Å². The van der Waals surface area contributed by atoms with Gasteiger partial charge in [0.2, 0.25) is 11.7 Å². The quantitative estimate of drug-likeness (QED) is 0.677. The fraction of sp³-hybridized carbons (Fsp3) is 0.450. The molecule has 29 heavy (non-hydrogen) atoms. The molecular weight excluding hydrogens is 375 g/mol. The number of carbonyl (C=O) groups excluding carboxylic acids is 1. The Hall–Kier alpha value is -3.10. The van der Waals surface area contributed by atoms with E-state index in [9.17, 15) is 9.18 Å². The van der Waals surface area contributed by atoms with Crippen LogP contribution in [0.2, 0.25) is 0 Å². The molecule has 152 valence electrons. The van der Waals surface area contributed by atoms with E-state index in [1.54, 1.807) is 26.0 Å². The van der Waals surface area contributed by atoms with Gasteiger partial charge in [-0.3, -0.25) is 4.79 Å². The maximum Gasteiger partial charge on any atom is 0.291 e. The number of benzene rings is 1. The number of nitrogens with zero attached hydrogens (tertiary/aromatic N) is 5. The predicted octanol–water partition coefficient (Wildman–Crippen LogP) is 3.39. The Morgan fingerprint density at radius 3 is 2.41 bits per heavy atom. The Morgan fingerprint density at radius 1 is 1.10 bits per heavy atom. The van der Waals surface area contributed by atoms with E-state index in [0.29, 0.717) is 23.2 Å². The molecule has 0 aliphatic heterocycles. The zero-order valence-electron chi connectivity index (χ0n) is 16.5. The minimum Gasteiger partial charge on any atom is -0.340 e. The first-order valence-electron chi connectivity index (χ1n) is 9.80. The molecule has 0 spiro atoms. The van der Waals surface area contributed by atoms with E-state index in [0.717, 1.165) is 38.5 Å². The molecule has 2 aromatic heterocycles. The van der Waals surface area contributed by atoms with Gasteiger partial charge >= 0.3 is 0 Å². The summed E-state index contributed by atoms with van der Waals surface area (Å²) in [6, 6.07) is 5.87. The molecule has 3 aromatic rings. The third-order valence-electron chi connectivity index (χ3n) is 5.31. The van der Waals surface area contributed by atoms with E-state index in [1.807, 2.05) is 0 Å². The number of aromatic nitrogens is 5. The number of carbonyl (C=O) groups is 1. The first-order valence-corrected chi connectivity index (χ1v) is 9.80. The number of aryl methyl sites for hydroxylation is 2. The lowest BCUT2D eigenvalue weighted by Crippen LogP contribution is -2.46. The molecule has 1 aromatic carbocycles. The van der Waals surface area contributed by atoms with Gasteiger partial charge in [0.15, 0.2) is 5.82 Å². The lowest BCUT2D eigenvalue weighted by atomic mass is 9.89. The summed E-state index contributed by atoms with van der Waals surface area (Å²) in [5, 5.41) is 11.5. The third-order valence-corrected chi connectivity index (χ3v) is 5.31. The topological polar surface area (TPSA) is 98.7 Å². The van der Waals surface area contributed by atoms with Gasteiger partial charge in [-0.15, -0.1) is 5.10 Å². The van der Waals surface area contributed by atoms with Crippen molar-refractivity contribution < 1.29 is 13.7 Å². The Balaban J connectivity index is 1.63. The number of rotatable bonds is 4. The maximum absolute atomic E-state index is 13.2. The molecule has 0 saturated heterocycles. The van der Waals surface area contributed by atoms with Crippen molar-refractivity contribution in [1.82, 2.24) is 30.2 Å². The SMILES string of the molecule is Cc1nc(C2(NC(=O)c3nc(C)n(-c4ccc(F)cc4)n3)CCCCCC2)no1. The molecule has 1 N–H and O–H groups in total. The van der Waals surface area contributed by atoms with Crippen molar-refractivity contribution in [2.24, 2.45) is 0 Å². The molecule has 8 nitrogen and oxygen atoms in total. The summed E-state index contributed by atoms with van der Waals surface area (Å²) in [4.78, 5) is 21.8. The van der Waals surface area contributed by atoms with E-state index >= 15 is 0 Å². The van der Waals surface area contributed by atoms with Crippen LogP contribution in [0.25, 0.3) is 5.69 Å². The number of amides is 1. The second kappa shape index (κ2) is 7.73. The molecule has 1 saturated carbocycles. The molecule has 0 atom stereocenters. The molecular formula is C20H23FN6O2. The first-order chi connectivity index (χ1) is 14.0. The number of hydrogen-bond donors (Lipinski definition) is 1. The highest BCUT2D eigenvalue weighted by molar-refractivity contribution is 5.91. The largest absolute Gasteiger partial charge is 0.340 e. The molecule has 1 aliphatic rings. The van der Waals surface area contributed by atoms with Crippen molar-refractivity contribution >= 4 is 5.91 Å². The smallest absolute Gasteiger partial charge is 0.291 e. The Morgan fingerprint density at radius 2 is 1.79 bits per heavy atom. The van der Waals surface area contributed by atoms with Gasteiger partial charge < -0.3 is 9.84 Å². The first kappa shape index (κ1) is 19.2. The highest BCUT2D eigenvalue weighted by atomic mass is 19.1. The van der Waals surface area contributed by atoms with Crippen LogP contribution >= 0.6 is 0 Å². The molecule has 1 aliphatic carbocycles. The zero-order valence-corrected chi connectivity index (χ0v) is 16.5. The summed E-state index contributed by atoms with van der Waals surface area (Å²) >= 11 is 0. The van der Waals surface area contributed by atoms with Crippen LogP contribution in [0, 0.1) is 19.7 Å². The van der Waals surface area contributed by atoms with Crippen LogP contribution in [-0.2, 0) is 5.54 Å². The van der Waals surface area contributed by atoms with Gasteiger partial charge in [0.1, 0.15) is 17.2 Å². The monoisotopic (exact) mass is 398 g/mol. The minimum absolute atomic E-state index is 0.0515. The average Bonchev–Trinajstić information content (AvgIpc) is 3.23. The van der Waals surface area contributed by atoms with Gasteiger partial charge in [-0.05, 0) is 44.0 Å². The molecule has 9 heteroatoms. The number of hydrogen-bond acceptors (Lipinski definition) is 6. The predicted molar refractivity (Wildman–Crippen MR) is 102 cm³/mol. The van der Waals surface area contributed by atoms with Crippen LogP contribution < -0.4 is 5.32 Å². The summed E-state index contributed by atoms with van der Waals surface area (Å²) in [6.45, 7) is 3.48. The summed E-state index contributed by atoms with van der Waals surface area (Å²) in [5.41, 5.74) is -0.0611. The lowest BCUT2D eigenvalue weighted by Gasteiger charge is -2.30. The van der Waals surface area contributed by atoms with Gasteiger partial charge in [0, 0.05) is 6.92 Å². The number of nitrogens with one attached hydrogen (secondary N) is 1. The average molecular weight is 398 g/mol. The van der Waals surface area contributed by atoms with Gasteiger partial charge in [-0.1, -0.05) is 30.8 Å². The van der Waals surface area contributed by atoms with Crippen molar-refractivity contribution in [3.63, 3.8) is 0 Å². The molecule has 0 bridgehead atoms. The fourth-order valence-electron chi connectivity index (χ4n) is 3.82. The van der Waals surface area contributed by atoms with E-state index in [1.165, 1.54) is 16.8 Å². The summed E-state index contributed by atoms with van der Waals surface area (Å²) < 4.78 is 19.9. The Labute approximate surface area is 167 Å². The summed E-state index contributed by atoms with van der Waals surface area (Å²) in [7, 11) is 0. The maximum atomic E-state index is 13.2. The molecule has 0 unspecified atom stereocenters. The van der Waals surface area contributed by atoms with E-state index in [4.69, 9.17) is 4.52 Å². The van der Waals surface area contributed by atoms with E-state index in [-0.39, 0.29) is 11.6 Å². The minimum atomic E-state index is -0.694. The second-order valence-electron chi connectivity index (χ2n) is 7.46. The lowest BCUT2D eigenvalue weighted by molar-refractivity contribution is 0.0865. The van der Waals surface area contributed by atoms with Gasteiger partial charge in [-0.2, -0.15) is 4.98 Å². The van der Waals surface area contributed by atoms with E-state index in [2.05, 4.69) is 25.5 Å². The van der Waals surface area contributed by atoms with Crippen molar-refractivity contribution in [1.29, 1.82) is 0 Å². The van der Waals surface area contributed by atoms with Crippen LogP contribution in [-0.4, -0.2) is 30.8 Å². The summed E-state index contributed by atoms with van der Waals surface area (Å²) in [6.07, 6.45) is 5.59. The standard InChI is InChI=1S/C20H23FN6O2/c1-13-22-17(25-27(13)16-9-7-15(21)8-10-16)18(28)24-20(11-5-3-4-6-12-20)19-23-14(2)29-26-19/h7-10H,3-6,11-12H2,1-2H3,(H,24,28). The van der Waals surface area contributed by atoms with Crippen LogP contribution in [0.15, 0.2) is 28.8 Å². The second-order valence-corrected chi connectivity index (χ2v) is 7.46. The van der Waals surface area contributed by atoms with Crippen molar-refractivity contribution in [2.75, 3.05) is 0 Å². The van der Waals surface area contributed by atoms with E-state index < -0.39 is 11.4 Å². The molecule has 1 amide bonds. The van der Waals surface area contributed by atoms with Crippen LogP contribution in [0.3, 0.4) is 0 Å². The van der Waals surface area contributed by atoms with Crippen LogP contribution in [0.1, 0.15) is 66.7 Å².